The molecule has 0 atom stereocenters. The first-order valence-electron chi connectivity index (χ1n) is 10.9. The lowest BCUT2D eigenvalue weighted by Gasteiger charge is -2.33. The van der Waals surface area contributed by atoms with Gasteiger partial charge in [-0.05, 0) is 53.6 Å². The summed E-state index contributed by atoms with van der Waals surface area (Å²) >= 11 is 0. The Hall–Kier alpha value is -3.81. The lowest BCUT2D eigenvalue weighted by atomic mass is 9.86. The number of carboxylic acids is 1. The Bertz CT molecular complexity index is 1190. The van der Waals surface area contributed by atoms with Gasteiger partial charge in [-0.2, -0.15) is 13.2 Å². The van der Waals surface area contributed by atoms with Crippen molar-refractivity contribution in [3.05, 3.63) is 89.5 Å². The van der Waals surface area contributed by atoms with Crippen LogP contribution in [0.2, 0.25) is 0 Å². The molecule has 3 aromatic carbocycles. The topological polar surface area (TPSA) is 69.6 Å². The van der Waals surface area contributed by atoms with Crippen LogP contribution in [0, 0.1) is 0 Å². The first-order chi connectivity index (χ1) is 16.2. The molecule has 0 spiro atoms. The molecule has 0 unspecified atom stereocenters. The molecule has 1 aliphatic rings. The van der Waals surface area contributed by atoms with E-state index in [2.05, 4.69) is 5.32 Å². The molecular weight excluding hydrogens is 445 g/mol. The molecule has 1 fully saturated rings. The second-order valence-corrected chi connectivity index (χ2v) is 8.21. The molecule has 0 aliphatic carbocycles. The lowest BCUT2D eigenvalue weighted by Crippen LogP contribution is -2.41. The van der Waals surface area contributed by atoms with Gasteiger partial charge >= 0.3 is 18.2 Å². The summed E-state index contributed by atoms with van der Waals surface area (Å²) in [5.41, 5.74) is 1.30. The number of rotatable bonds is 4. The van der Waals surface area contributed by atoms with E-state index in [1.165, 1.54) is 23.1 Å². The molecular formula is C26H23F3N2O3. The normalized spacial score (nSPS) is 14.6. The average molecular weight is 468 g/mol. The van der Waals surface area contributed by atoms with Crippen molar-refractivity contribution in [1.29, 1.82) is 0 Å². The van der Waals surface area contributed by atoms with Gasteiger partial charge in [-0.15, -0.1) is 0 Å². The smallest absolute Gasteiger partial charge is 0.416 e. The van der Waals surface area contributed by atoms with Crippen LogP contribution < -0.4 is 5.32 Å². The van der Waals surface area contributed by atoms with Crippen LogP contribution >= 0.6 is 0 Å². The minimum absolute atomic E-state index is 0.0382. The highest BCUT2D eigenvalue weighted by Crippen LogP contribution is 2.38. The van der Waals surface area contributed by atoms with Gasteiger partial charge in [0.1, 0.15) is 0 Å². The van der Waals surface area contributed by atoms with Crippen molar-refractivity contribution in [3.63, 3.8) is 0 Å². The SMILES string of the molecule is O=C(O)c1cc(-c2ccccc2)ccc1NC(=O)N1CCC(c2ccccc2C(F)(F)F)CC1. The standard InChI is InChI=1S/C26H23F3N2O3/c27-26(28,29)22-9-5-4-8-20(22)18-12-14-31(15-13-18)25(34)30-23-11-10-19(16-21(23)24(32)33)17-6-2-1-3-7-17/h1-11,16,18H,12-15H2,(H,30,34)(H,32,33). The molecule has 2 N–H and O–H groups in total. The van der Waals surface area contributed by atoms with Crippen LogP contribution in [0.15, 0.2) is 72.8 Å². The number of carboxylic acid groups (broad SMARTS) is 1. The van der Waals surface area contributed by atoms with E-state index in [0.29, 0.717) is 18.4 Å². The highest BCUT2D eigenvalue weighted by Gasteiger charge is 2.36. The van der Waals surface area contributed by atoms with Gasteiger partial charge in [-0.3, -0.25) is 0 Å². The van der Waals surface area contributed by atoms with E-state index in [4.69, 9.17) is 0 Å². The first kappa shape index (κ1) is 23.4. The Kier molecular flexibility index (Phi) is 6.58. The van der Waals surface area contributed by atoms with Gasteiger partial charge in [0.05, 0.1) is 16.8 Å². The maximum atomic E-state index is 13.4. The van der Waals surface area contributed by atoms with Crippen LogP contribution in [0.3, 0.4) is 0 Å². The summed E-state index contributed by atoms with van der Waals surface area (Å²) in [6.45, 7) is 0.542. The minimum atomic E-state index is -4.43. The third-order valence-corrected chi connectivity index (χ3v) is 6.09. The van der Waals surface area contributed by atoms with Crippen LogP contribution in [-0.2, 0) is 6.18 Å². The number of nitrogens with zero attached hydrogens (tertiary/aromatic N) is 1. The number of likely N-dealkylation sites (tertiary alicyclic amines) is 1. The van der Waals surface area contributed by atoms with Crippen molar-refractivity contribution in [2.45, 2.75) is 24.9 Å². The van der Waals surface area contributed by atoms with Crippen molar-refractivity contribution in [1.82, 2.24) is 4.90 Å². The molecule has 1 aliphatic heterocycles. The summed E-state index contributed by atoms with van der Waals surface area (Å²) in [5, 5.41) is 12.3. The number of carbonyl (C=O) groups excluding carboxylic acids is 1. The number of hydrogen-bond acceptors (Lipinski definition) is 2. The van der Waals surface area contributed by atoms with E-state index in [-0.39, 0.29) is 35.8 Å². The third kappa shape index (κ3) is 5.06. The van der Waals surface area contributed by atoms with Crippen molar-refractivity contribution in [3.8, 4) is 11.1 Å². The molecule has 1 heterocycles. The van der Waals surface area contributed by atoms with Gasteiger partial charge in [0, 0.05) is 13.1 Å². The number of amides is 2. The Morgan fingerprint density at radius 2 is 1.53 bits per heavy atom. The number of hydrogen-bond donors (Lipinski definition) is 2. The summed E-state index contributed by atoms with van der Waals surface area (Å²) in [7, 11) is 0. The maximum absolute atomic E-state index is 13.4. The van der Waals surface area contributed by atoms with E-state index in [0.717, 1.165) is 11.6 Å². The molecule has 0 radical (unpaired) electrons. The van der Waals surface area contributed by atoms with Gasteiger partial charge in [-0.25, -0.2) is 9.59 Å². The quantitative estimate of drug-likeness (QED) is 0.460. The molecule has 2 amide bonds. The van der Waals surface area contributed by atoms with E-state index in [1.54, 1.807) is 18.2 Å². The Labute approximate surface area is 194 Å². The Morgan fingerprint density at radius 1 is 0.882 bits per heavy atom. The zero-order valence-electron chi connectivity index (χ0n) is 18.2. The zero-order valence-corrected chi connectivity index (χ0v) is 18.2. The third-order valence-electron chi connectivity index (χ3n) is 6.09. The summed E-state index contributed by atoms with van der Waals surface area (Å²) in [4.78, 5) is 26.1. The molecule has 0 bridgehead atoms. The van der Waals surface area contributed by atoms with Gasteiger partial charge < -0.3 is 15.3 Å². The van der Waals surface area contributed by atoms with Crippen molar-refractivity contribution >= 4 is 17.7 Å². The minimum Gasteiger partial charge on any atom is -0.478 e. The second-order valence-electron chi connectivity index (χ2n) is 8.21. The van der Waals surface area contributed by atoms with Gasteiger partial charge in [0.2, 0.25) is 0 Å². The fourth-order valence-electron chi connectivity index (χ4n) is 4.34. The highest BCUT2D eigenvalue weighted by atomic mass is 19.4. The fourth-order valence-corrected chi connectivity index (χ4v) is 4.34. The van der Waals surface area contributed by atoms with E-state index < -0.39 is 23.7 Å². The molecule has 1 saturated heterocycles. The summed E-state index contributed by atoms with van der Waals surface area (Å²) < 4.78 is 40.1. The van der Waals surface area contributed by atoms with Crippen LogP contribution in [-0.4, -0.2) is 35.1 Å². The first-order valence-corrected chi connectivity index (χ1v) is 10.9. The molecule has 8 heteroatoms. The zero-order chi connectivity index (χ0) is 24.3. The number of nitrogens with one attached hydrogen (secondary N) is 1. The Morgan fingerprint density at radius 3 is 2.18 bits per heavy atom. The number of carbonyl (C=O) groups is 2. The summed E-state index contributed by atoms with van der Waals surface area (Å²) in [6.07, 6.45) is -3.65. The number of alkyl halides is 3. The number of benzene rings is 3. The number of aromatic carboxylic acids is 1. The monoisotopic (exact) mass is 468 g/mol. The van der Waals surface area contributed by atoms with Crippen LogP contribution in [0.5, 0.6) is 0 Å². The second kappa shape index (κ2) is 9.59. The maximum Gasteiger partial charge on any atom is 0.416 e. The molecule has 176 valence electrons. The summed E-state index contributed by atoms with van der Waals surface area (Å²) in [5.74, 6) is -1.47. The molecule has 0 saturated carbocycles. The van der Waals surface area contributed by atoms with E-state index in [9.17, 15) is 27.9 Å². The van der Waals surface area contributed by atoms with Crippen molar-refractivity contribution in [2.24, 2.45) is 0 Å². The lowest BCUT2D eigenvalue weighted by molar-refractivity contribution is -0.138. The van der Waals surface area contributed by atoms with Crippen molar-refractivity contribution in [2.75, 3.05) is 18.4 Å². The highest BCUT2D eigenvalue weighted by molar-refractivity contribution is 6.01. The van der Waals surface area contributed by atoms with Crippen molar-refractivity contribution < 1.29 is 27.9 Å². The van der Waals surface area contributed by atoms with Crippen LogP contribution in [0.25, 0.3) is 11.1 Å². The molecule has 34 heavy (non-hydrogen) atoms. The predicted octanol–water partition coefficient (Wildman–Crippen LogP) is 6.48. The van der Waals surface area contributed by atoms with E-state index in [1.807, 2.05) is 30.3 Å². The van der Waals surface area contributed by atoms with Gasteiger partial charge in [0.25, 0.3) is 0 Å². The predicted molar refractivity (Wildman–Crippen MR) is 123 cm³/mol. The van der Waals surface area contributed by atoms with Gasteiger partial charge in [0.15, 0.2) is 0 Å². The Balaban J connectivity index is 1.45. The number of halogens is 3. The number of anilines is 1. The molecule has 4 rings (SSSR count). The molecule has 5 nitrogen and oxygen atoms in total. The summed E-state index contributed by atoms with van der Waals surface area (Å²) in [6, 6.07) is 19.1. The van der Waals surface area contributed by atoms with Crippen LogP contribution in [0.1, 0.15) is 40.2 Å². The number of urea groups is 1. The van der Waals surface area contributed by atoms with E-state index >= 15 is 0 Å². The fraction of sp³-hybridized carbons (Fsp3) is 0.231. The largest absolute Gasteiger partial charge is 0.478 e. The molecule has 0 aromatic heterocycles. The van der Waals surface area contributed by atoms with Gasteiger partial charge in [-0.1, -0.05) is 54.6 Å². The molecule has 3 aromatic rings. The number of piperidine rings is 1. The average Bonchev–Trinajstić information content (AvgIpc) is 2.84. The van der Waals surface area contributed by atoms with Crippen LogP contribution in [0.4, 0.5) is 23.7 Å².